The zero-order valence-electron chi connectivity index (χ0n) is 19.3. The summed E-state index contributed by atoms with van der Waals surface area (Å²) in [6.45, 7) is 8.31. The van der Waals surface area contributed by atoms with Crippen LogP contribution in [0.4, 0.5) is 0 Å². The van der Waals surface area contributed by atoms with Crippen LogP contribution < -0.4 is 20.6 Å². The summed E-state index contributed by atoms with van der Waals surface area (Å²) in [5, 5.41) is 10.6. The Balaban J connectivity index is 1.99. The Morgan fingerprint density at radius 3 is 2.61 bits per heavy atom. The fraction of sp³-hybridized carbons (Fsp3) is 0.440. The molecule has 1 fully saturated rings. The van der Waals surface area contributed by atoms with E-state index >= 15 is 0 Å². The van der Waals surface area contributed by atoms with Crippen molar-refractivity contribution in [1.29, 1.82) is 0 Å². The molecule has 1 aliphatic rings. The summed E-state index contributed by atoms with van der Waals surface area (Å²) >= 11 is 0. The van der Waals surface area contributed by atoms with Crippen LogP contribution in [0.3, 0.4) is 0 Å². The van der Waals surface area contributed by atoms with E-state index in [1.165, 1.54) is 19.6 Å². The number of piperidine rings is 1. The molecule has 2 aromatic rings. The van der Waals surface area contributed by atoms with E-state index in [9.17, 15) is 14.7 Å². The van der Waals surface area contributed by atoms with E-state index in [2.05, 4.69) is 11.5 Å². The van der Waals surface area contributed by atoms with Crippen molar-refractivity contribution in [3.05, 3.63) is 63.7 Å². The Bertz CT molecular complexity index is 1060. The van der Waals surface area contributed by atoms with Gasteiger partial charge in [-0.3, -0.25) is 14.5 Å². The second-order valence-electron chi connectivity index (χ2n) is 8.51. The van der Waals surface area contributed by atoms with Gasteiger partial charge >= 0.3 is 0 Å². The van der Waals surface area contributed by atoms with Crippen LogP contribution in [-0.4, -0.2) is 42.7 Å². The van der Waals surface area contributed by atoms with Crippen LogP contribution in [0.2, 0.25) is 0 Å². The maximum absolute atomic E-state index is 12.6. The van der Waals surface area contributed by atoms with Gasteiger partial charge in [0.1, 0.15) is 12.4 Å². The summed E-state index contributed by atoms with van der Waals surface area (Å²) in [6.07, 6.45) is 3.23. The highest BCUT2D eigenvalue weighted by Crippen LogP contribution is 2.37. The molecule has 178 valence electrons. The minimum Gasteiger partial charge on any atom is -0.502 e. The SMILES string of the molecule is C=C(C)COc1ccc([C@@H](CC(N)=O)c2oc(CN3CCCCC3)cc(=O)c2O)cc1OC. The van der Waals surface area contributed by atoms with Gasteiger partial charge in [-0.15, -0.1) is 0 Å². The average Bonchev–Trinajstić information content (AvgIpc) is 2.79. The molecular weight excluding hydrogens is 424 g/mol. The zero-order valence-corrected chi connectivity index (χ0v) is 19.3. The van der Waals surface area contributed by atoms with E-state index in [0.717, 1.165) is 31.5 Å². The number of primary amides is 1. The number of hydrogen-bond acceptors (Lipinski definition) is 7. The maximum Gasteiger partial charge on any atom is 0.227 e. The number of nitrogens with two attached hydrogens (primary N) is 1. The standard InChI is InChI=1S/C25H32N2O6/c1-16(2)15-32-21-8-7-17(11-22(21)31-3)19(13-23(26)29)25-24(30)20(28)12-18(33-25)14-27-9-5-4-6-10-27/h7-8,11-12,19,30H,1,4-6,9-10,13-15H2,2-3H3,(H2,26,29)/t19-/m1/s1. The molecule has 0 unspecified atom stereocenters. The Kier molecular flexibility index (Phi) is 8.16. The third kappa shape index (κ3) is 6.38. The molecule has 0 saturated carbocycles. The molecule has 1 aliphatic heterocycles. The highest BCUT2D eigenvalue weighted by molar-refractivity contribution is 5.75. The van der Waals surface area contributed by atoms with Crippen molar-refractivity contribution in [2.45, 2.75) is 45.1 Å². The smallest absolute Gasteiger partial charge is 0.227 e. The summed E-state index contributed by atoms with van der Waals surface area (Å²) < 4.78 is 17.2. The molecular formula is C25H32N2O6. The lowest BCUT2D eigenvalue weighted by Crippen LogP contribution is -2.29. The van der Waals surface area contributed by atoms with Gasteiger partial charge in [0, 0.05) is 12.5 Å². The van der Waals surface area contributed by atoms with Gasteiger partial charge in [0.2, 0.25) is 17.1 Å². The molecule has 2 heterocycles. The van der Waals surface area contributed by atoms with Gasteiger partial charge in [-0.05, 0) is 56.1 Å². The van der Waals surface area contributed by atoms with Crippen LogP contribution in [0.15, 0.2) is 45.6 Å². The summed E-state index contributed by atoms with van der Waals surface area (Å²) in [4.78, 5) is 26.7. The predicted octanol–water partition coefficient (Wildman–Crippen LogP) is 3.30. The largest absolute Gasteiger partial charge is 0.502 e. The molecule has 0 bridgehead atoms. The molecule has 1 atom stereocenters. The molecule has 8 nitrogen and oxygen atoms in total. The normalized spacial score (nSPS) is 15.1. The second-order valence-corrected chi connectivity index (χ2v) is 8.51. The van der Waals surface area contributed by atoms with Crippen molar-refractivity contribution in [2.75, 3.05) is 26.8 Å². The maximum atomic E-state index is 12.6. The number of ether oxygens (including phenoxy) is 2. The number of aromatic hydroxyl groups is 1. The van der Waals surface area contributed by atoms with E-state index in [4.69, 9.17) is 19.6 Å². The number of carbonyl (C=O) groups is 1. The number of hydrogen-bond donors (Lipinski definition) is 2. The second kappa shape index (κ2) is 11.0. The number of nitrogens with zero attached hydrogens (tertiary/aromatic N) is 1. The number of carbonyl (C=O) groups excluding carboxylic acids is 1. The molecule has 3 N–H and O–H groups in total. The average molecular weight is 457 g/mol. The molecule has 1 amide bonds. The van der Waals surface area contributed by atoms with E-state index in [1.54, 1.807) is 18.2 Å². The molecule has 0 aliphatic carbocycles. The molecule has 0 spiro atoms. The Morgan fingerprint density at radius 1 is 1.24 bits per heavy atom. The Labute approximate surface area is 193 Å². The van der Waals surface area contributed by atoms with Gasteiger partial charge in [-0.2, -0.15) is 0 Å². The number of amides is 1. The first kappa shape index (κ1) is 24.4. The number of methoxy groups -OCH3 is 1. The number of rotatable bonds is 10. The minimum atomic E-state index is -0.763. The van der Waals surface area contributed by atoms with Gasteiger partial charge < -0.3 is 24.7 Å². The lowest BCUT2D eigenvalue weighted by molar-refractivity contribution is -0.118. The Hall–Kier alpha value is -3.26. The van der Waals surface area contributed by atoms with Gasteiger partial charge in [0.15, 0.2) is 17.3 Å². The topological polar surface area (TPSA) is 115 Å². The molecule has 3 rings (SSSR count). The third-order valence-electron chi connectivity index (χ3n) is 5.61. The lowest BCUT2D eigenvalue weighted by atomic mass is 9.91. The fourth-order valence-corrected chi connectivity index (χ4v) is 3.99. The first-order valence-corrected chi connectivity index (χ1v) is 11.1. The summed E-state index contributed by atoms with van der Waals surface area (Å²) in [5.74, 6) is -0.472. The zero-order chi connectivity index (χ0) is 24.0. The quantitative estimate of drug-likeness (QED) is 0.527. The van der Waals surface area contributed by atoms with E-state index < -0.39 is 23.0 Å². The van der Waals surface area contributed by atoms with Crippen LogP contribution in [-0.2, 0) is 11.3 Å². The van der Waals surface area contributed by atoms with Crippen molar-refractivity contribution in [3.63, 3.8) is 0 Å². The number of likely N-dealkylation sites (tertiary alicyclic amines) is 1. The summed E-state index contributed by atoms with van der Waals surface area (Å²) in [5.41, 5.74) is 6.41. The molecule has 1 aromatic carbocycles. The molecule has 0 radical (unpaired) electrons. The highest BCUT2D eigenvalue weighted by atomic mass is 16.5. The van der Waals surface area contributed by atoms with Crippen LogP contribution in [0, 0.1) is 0 Å². The van der Waals surface area contributed by atoms with Crippen molar-refractivity contribution >= 4 is 5.91 Å². The third-order valence-corrected chi connectivity index (χ3v) is 5.61. The summed E-state index contributed by atoms with van der Waals surface area (Å²) in [7, 11) is 1.51. The first-order chi connectivity index (χ1) is 15.8. The lowest BCUT2D eigenvalue weighted by Gasteiger charge is -2.26. The van der Waals surface area contributed by atoms with Gasteiger partial charge in [-0.25, -0.2) is 0 Å². The molecule has 8 heteroatoms. The van der Waals surface area contributed by atoms with Crippen LogP contribution in [0.5, 0.6) is 17.2 Å². The van der Waals surface area contributed by atoms with Crippen LogP contribution in [0.25, 0.3) is 0 Å². The van der Waals surface area contributed by atoms with Gasteiger partial charge in [-0.1, -0.05) is 19.1 Å². The van der Waals surface area contributed by atoms with Crippen molar-refractivity contribution in [1.82, 2.24) is 4.90 Å². The Morgan fingerprint density at radius 2 is 1.97 bits per heavy atom. The van der Waals surface area contributed by atoms with Gasteiger partial charge in [0.05, 0.1) is 19.6 Å². The molecule has 1 aromatic heterocycles. The van der Waals surface area contributed by atoms with Crippen molar-refractivity contribution in [3.8, 4) is 17.2 Å². The fourth-order valence-electron chi connectivity index (χ4n) is 3.99. The number of benzene rings is 1. The van der Waals surface area contributed by atoms with E-state index in [0.29, 0.717) is 36.0 Å². The van der Waals surface area contributed by atoms with Crippen molar-refractivity contribution < 1.29 is 23.8 Å². The van der Waals surface area contributed by atoms with Crippen LogP contribution in [0.1, 0.15) is 55.6 Å². The highest BCUT2D eigenvalue weighted by Gasteiger charge is 2.27. The van der Waals surface area contributed by atoms with E-state index in [-0.39, 0.29) is 12.2 Å². The molecule has 33 heavy (non-hydrogen) atoms. The summed E-state index contributed by atoms with van der Waals surface area (Å²) in [6, 6.07) is 6.44. The first-order valence-electron chi connectivity index (χ1n) is 11.1. The van der Waals surface area contributed by atoms with Crippen molar-refractivity contribution in [2.24, 2.45) is 5.73 Å². The molecule has 1 saturated heterocycles. The predicted molar refractivity (Wildman–Crippen MR) is 125 cm³/mol. The minimum absolute atomic E-state index is 0.0194. The van der Waals surface area contributed by atoms with Gasteiger partial charge in [0.25, 0.3) is 0 Å². The van der Waals surface area contributed by atoms with Crippen LogP contribution >= 0.6 is 0 Å². The monoisotopic (exact) mass is 456 g/mol. The van der Waals surface area contributed by atoms with E-state index in [1.807, 2.05) is 6.92 Å².